The van der Waals surface area contributed by atoms with Crippen LogP contribution < -0.4 is 0 Å². The third-order valence-corrected chi connectivity index (χ3v) is 4.61. The van der Waals surface area contributed by atoms with Gasteiger partial charge in [0.2, 0.25) is 0 Å². The van der Waals surface area contributed by atoms with E-state index in [0.717, 1.165) is 12.8 Å². The third-order valence-electron chi connectivity index (χ3n) is 4.61. The molecule has 1 heterocycles. The number of rotatable bonds is 2. The fourth-order valence-corrected chi connectivity index (χ4v) is 3.47. The van der Waals surface area contributed by atoms with Gasteiger partial charge in [-0.3, -0.25) is 0 Å². The van der Waals surface area contributed by atoms with Crippen molar-refractivity contribution < 1.29 is 14.9 Å². The predicted molar refractivity (Wildman–Crippen MR) is 62.1 cm³/mol. The van der Waals surface area contributed by atoms with Gasteiger partial charge in [0.1, 0.15) is 0 Å². The van der Waals surface area contributed by atoms with E-state index in [4.69, 9.17) is 4.74 Å². The average molecular weight is 228 g/mol. The molecule has 0 amide bonds. The summed E-state index contributed by atoms with van der Waals surface area (Å²) in [6.45, 7) is 8.01. The topological polar surface area (TPSA) is 49.7 Å². The van der Waals surface area contributed by atoms with E-state index in [1.165, 1.54) is 0 Å². The van der Waals surface area contributed by atoms with Gasteiger partial charge in [0.05, 0.1) is 23.4 Å². The lowest BCUT2D eigenvalue weighted by Crippen LogP contribution is -2.48. The van der Waals surface area contributed by atoms with Crippen molar-refractivity contribution in [3.63, 3.8) is 0 Å². The van der Waals surface area contributed by atoms with Crippen LogP contribution in [-0.2, 0) is 4.74 Å². The number of aliphatic hydroxyl groups is 2. The molecular formula is C13H24O3. The molecule has 1 aliphatic heterocycles. The lowest BCUT2D eigenvalue weighted by Gasteiger charge is -2.42. The summed E-state index contributed by atoms with van der Waals surface area (Å²) in [7, 11) is 0. The number of hydrogen-bond acceptors (Lipinski definition) is 3. The van der Waals surface area contributed by atoms with E-state index in [0.29, 0.717) is 12.3 Å². The summed E-state index contributed by atoms with van der Waals surface area (Å²) >= 11 is 0. The third kappa shape index (κ3) is 1.89. The summed E-state index contributed by atoms with van der Waals surface area (Å²) in [5.41, 5.74) is -0.877. The zero-order valence-electron chi connectivity index (χ0n) is 10.7. The van der Waals surface area contributed by atoms with E-state index in [9.17, 15) is 10.2 Å². The minimum atomic E-state index is -0.754. The second-order valence-electron chi connectivity index (χ2n) is 6.34. The molecule has 2 aliphatic rings. The highest BCUT2D eigenvalue weighted by molar-refractivity contribution is 5.05. The fourth-order valence-electron chi connectivity index (χ4n) is 3.47. The quantitative estimate of drug-likeness (QED) is 0.756. The number of aliphatic hydroxyl groups excluding tert-OH is 1. The van der Waals surface area contributed by atoms with Gasteiger partial charge in [-0.1, -0.05) is 6.92 Å². The smallest absolute Gasteiger partial charge is 0.0726 e. The standard InChI is InChI=1S/C13H24O3/c1-8(14)6-13(15)7-10-5-11(9(13)2)16-12(10,3)4/h8-11,14-15H,5-7H2,1-4H3/t8-,9+,10-,11+,13+/m1/s1. The zero-order chi connectivity index (χ0) is 12.1. The second kappa shape index (κ2) is 3.69. The molecule has 0 spiro atoms. The molecule has 16 heavy (non-hydrogen) atoms. The Morgan fingerprint density at radius 2 is 2.06 bits per heavy atom. The molecule has 1 aliphatic carbocycles. The van der Waals surface area contributed by atoms with Crippen molar-refractivity contribution in [2.75, 3.05) is 0 Å². The molecule has 2 fully saturated rings. The minimum absolute atomic E-state index is 0.111. The molecule has 1 saturated carbocycles. The first kappa shape index (κ1) is 12.3. The van der Waals surface area contributed by atoms with Crippen molar-refractivity contribution >= 4 is 0 Å². The molecule has 1 saturated heterocycles. The highest BCUT2D eigenvalue weighted by atomic mass is 16.5. The molecule has 0 aromatic heterocycles. The molecule has 0 unspecified atom stereocenters. The maximum atomic E-state index is 10.7. The Hall–Kier alpha value is -0.120. The van der Waals surface area contributed by atoms with Gasteiger partial charge in [-0.2, -0.15) is 0 Å². The van der Waals surface area contributed by atoms with Crippen molar-refractivity contribution in [1.29, 1.82) is 0 Å². The van der Waals surface area contributed by atoms with Crippen molar-refractivity contribution in [1.82, 2.24) is 0 Å². The van der Waals surface area contributed by atoms with Crippen LogP contribution in [0.25, 0.3) is 0 Å². The normalized spacial score (nSPS) is 48.0. The Kier molecular flexibility index (Phi) is 2.84. The summed E-state index contributed by atoms with van der Waals surface area (Å²) < 4.78 is 6.02. The van der Waals surface area contributed by atoms with Crippen molar-refractivity contribution in [2.45, 2.75) is 70.4 Å². The maximum absolute atomic E-state index is 10.7. The Labute approximate surface area is 97.8 Å². The van der Waals surface area contributed by atoms with E-state index >= 15 is 0 Å². The summed E-state index contributed by atoms with van der Waals surface area (Å²) in [4.78, 5) is 0. The first-order valence-corrected chi connectivity index (χ1v) is 6.33. The van der Waals surface area contributed by atoms with Crippen LogP contribution in [-0.4, -0.2) is 33.6 Å². The maximum Gasteiger partial charge on any atom is 0.0726 e. The van der Waals surface area contributed by atoms with Crippen LogP contribution in [0.3, 0.4) is 0 Å². The summed E-state index contributed by atoms with van der Waals surface area (Å²) in [5.74, 6) is 0.526. The molecule has 3 nitrogen and oxygen atoms in total. The highest BCUT2D eigenvalue weighted by Gasteiger charge is 2.55. The zero-order valence-corrected chi connectivity index (χ0v) is 10.7. The second-order valence-corrected chi connectivity index (χ2v) is 6.34. The first-order chi connectivity index (χ1) is 7.24. The van der Waals surface area contributed by atoms with Gasteiger partial charge >= 0.3 is 0 Å². The SMILES string of the molecule is C[C@@H](O)C[C@]1(O)C[C@H]2C[C@H](OC2(C)C)[C@@H]1C. The van der Waals surface area contributed by atoms with E-state index in [-0.39, 0.29) is 17.6 Å². The summed E-state index contributed by atoms with van der Waals surface area (Å²) in [5, 5.41) is 20.2. The predicted octanol–water partition coefficient (Wildman–Crippen LogP) is 1.71. The largest absolute Gasteiger partial charge is 0.393 e. The monoisotopic (exact) mass is 228 g/mol. The van der Waals surface area contributed by atoms with Crippen LogP contribution in [0.5, 0.6) is 0 Å². The number of ether oxygens (including phenoxy) is 1. The molecule has 2 rings (SSSR count). The molecule has 0 aromatic carbocycles. The van der Waals surface area contributed by atoms with Crippen LogP contribution in [0.15, 0.2) is 0 Å². The Morgan fingerprint density at radius 1 is 1.44 bits per heavy atom. The van der Waals surface area contributed by atoms with Gasteiger partial charge in [-0.15, -0.1) is 0 Å². The van der Waals surface area contributed by atoms with E-state index in [2.05, 4.69) is 13.8 Å². The number of hydrogen-bond donors (Lipinski definition) is 2. The first-order valence-electron chi connectivity index (χ1n) is 6.33. The van der Waals surface area contributed by atoms with Crippen molar-refractivity contribution in [3.05, 3.63) is 0 Å². The number of fused-ring (bicyclic) bond motifs is 2. The molecule has 2 N–H and O–H groups in total. The summed E-state index contributed by atoms with van der Waals surface area (Å²) in [6, 6.07) is 0. The van der Waals surface area contributed by atoms with Gasteiger partial charge in [0.15, 0.2) is 0 Å². The van der Waals surface area contributed by atoms with Gasteiger partial charge in [0, 0.05) is 12.3 Å². The fraction of sp³-hybridized carbons (Fsp3) is 1.00. The summed E-state index contributed by atoms with van der Waals surface area (Å²) in [6.07, 6.45) is 1.96. The van der Waals surface area contributed by atoms with Gasteiger partial charge in [-0.25, -0.2) is 0 Å². The van der Waals surface area contributed by atoms with Crippen LogP contribution in [0.4, 0.5) is 0 Å². The van der Waals surface area contributed by atoms with Gasteiger partial charge < -0.3 is 14.9 Å². The van der Waals surface area contributed by atoms with Crippen LogP contribution in [0.1, 0.15) is 47.0 Å². The molecule has 0 aromatic rings. The Morgan fingerprint density at radius 3 is 2.62 bits per heavy atom. The molecule has 3 heteroatoms. The van der Waals surface area contributed by atoms with Crippen LogP contribution >= 0.6 is 0 Å². The molecule has 5 atom stereocenters. The Balaban J connectivity index is 2.19. The highest BCUT2D eigenvalue weighted by Crippen LogP contribution is 2.51. The lowest BCUT2D eigenvalue weighted by molar-refractivity contribution is -0.107. The van der Waals surface area contributed by atoms with Gasteiger partial charge in [-0.05, 0) is 39.5 Å². The van der Waals surface area contributed by atoms with E-state index < -0.39 is 11.7 Å². The molecule has 0 radical (unpaired) electrons. The lowest BCUT2D eigenvalue weighted by atomic mass is 9.66. The van der Waals surface area contributed by atoms with Crippen LogP contribution in [0, 0.1) is 11.8 Å². The average Bonchev–Trinajstić information content (AvgIpc) is 2.35. The molecule has 94 valence electrons. The van der Waals surface area contributed by atoms with Gasteiger partial charge in [0.25, 0.3) is 0 Å². The Bertz CT molecular complexity index is 274. The van der Waals surface area contributed by atoms with Crippen LogP contribution in [0.2, 0.25) is 0 Å². The van der Waals surface area contributed by atoms with E-state index in [1.807, 2.05) is 6.92 Å². The molecular weight excluding hydrogens is 204 g/mol. The molecule has 2 bridgehead atoms. The minimum Gasteiger partial charge on any atom is -0.393 e. The van der Waals surface area contributed by atoms with Crippen molar-refractivity contribution in [3.8, 4) is 0 Å². The van der Waals surface area contributed by atoms with Crippen molar-refractivity contribution in [2.24, 2.45) is 11.8 Å². The van der Waals surface area contributed by atoms with E-state index in [1.54, 1.807) is 6.92 Å².